The van der Waals surface area contributed by atoms with E-state index in [2.05, 4.69) is 30.2 Å². The van der Waals surface area contributed by atoms with E-state index in [0.29, 0.717) is 27.9 Å². The molecule has 4 rings (SSSR count). The second-order valence-electron chi connectivity index (χ2n) is 6.39. The van der Waals surface area contributed by atoms with E-state index in [4.69, 9.17) is 23.9 Å². The van der Waals surface area contributed by atoms with Crippen molar-refractivity contribution in [1.82, 2.24) is 24.6 Å². The molecular formula is C19H13ClFIN8. The number of rotatable bonds is 4. The first-order valence-corrected chi connectivity index (χ1v) is 10.1. The van der Waals surface area contributed by atoms with Crippen LogP contribution in [0.4, 0.5) is 21.7 Å². The van der Waals surface area contributed by atoms with Gasteiger partial charge in [0.15, 0.2) is 10.8 Å². The number of nitrogens with one attached hydrogen (secondary N) is 1. The lowest BCUT2D eigenvalue weighted by Gasteiger charge is -2.19. The van der Waals surface area contributed by atoms with Gasteiger partial charge in [-0.05, 0) is 53.8 Å². The highest BCUT2D eigenvalue weighted by atomic mass is 127. The first-order valence-electron chi connectivity index (χ1n) is 8.62. The molecule has 1 atom stereocenters. The second kappa shape index (κ2) is 8.00. The van der Waals surface area contributed by atoms with E-state index in [1.807, 2.05) is 41.6 Å². The van der Waals surface area contributed by atoms with E-state index in [0.717, 1.165) is 9.13 Å². The molecule has 0 aliphatic rings. The summed E-state index contributed by atoms with van der Waals surface area (Å²) < 4.78 is 16.3. The molecule has 0 saturated carbocycles. The molecule has 1 aromatic carbocycles. The van der Waals surface area contributed by atoms with Crippen LogP contribution in [0.1, 0.15) is 18.5 Å². The monoisotopic (exact) mass is 534 g/mol. The van der Waals surface area contributed by atoms with Crippen LogP contribution in [-0.4, -0.2) is 24.6 Å². The van der Waals surface area contributed by atoms with E-state index in [1.165, 1.54) is 29.2 Å². The minimum absolute atomic E-state index is 0.0863. The Labute approximate surface area is 189 Å². The number of imidazole rings is 1. The summed E-state index contributed by atoms with van der Waals surface area (Å²) in [4.78, 5) is 15.7. The lowest BCUT2D eigenvalue weighted by molar-refractivity contribution is 0.627. The van der Waals surface area contributed by atoms with E-state index in [-0.39, 0.29) is 23.4 Å². The first-order chi connectivity index (χ1) is 14.4. The van der Waals surface area contributed by atoms with Crippen molar-refractivity contribution in [3.05, 3.63) is 68.3 Å². The molecule has 0 fully saturated rings. The fraction of sp³-hybridized carbons (Fsp3) is 0.105. The summed E-state index contributed by atoms with van der Waals surface area (Å²) in [5.41, 5.74) is 8.28. The van der Waals surface area contributed by atoms with Gasteiger partial charge in [-0.2, -0.15) is 5.10 Å². The van der Waals surface area contributed by atoms with Gasteiger partial charge in [0.1, 0.15) is 23.8 Å². The minimum Gasteiger partial charge on any atom is -0.392 e. The molecule has 0 spiro atoms. The molecule has 0 amide bonds. The topological polar surface area (TPSA) is 98.4 Å². The van der Waals surface area contributed by atoms with Gasteiger partial charge in [0.05, 0.1) is 24.5 Å². The smallest absolute Gasteiger partial charge is 0.268 e. The Balaban J connectivity index is 1.87. The molecule has 0 aliphatic heterocycles. The Kier molecular flexibility index (Phi) is 5.40. The van der Waals surface area contributed by atoms with Crippen LogP contribution in [0.3, 0.4) is 0 Å². The van der Waals surface area contributed by atoms with Crippen LogP contribution in [0, 0.1) is 16.0 Å². The van der Waals surface area contributed by atoms with E-state index in [9.17, 15) is 4.39 Å². The summed E-state index contributed by atoms with van der Waals surface area (Å²) in [6.07, 6.45) is 2.78. The predicted molar refractivity (Wildman–Crippen MR) is 121 cm³/mol. The largest absolute Gasteiger partial charge is 0.392 e. The Morgan fingerprint density at radius 1 is 1.27 bits per heavy atom. The lowest BCUT2D eigenvalue weighted by atomic mass is 10.0. The van der Waals surface area contributed by atoms with Crippen LogP contribution in [0.5, 0.6) is 0 Å². The summed E-state index contributed by atoms with van der Waals surface area (Å²) in [5, 5.41) is 8.12. The fourth-order valence-corrected chi connectivity index (χ4v) is 3.84. The zero-order valence-corrected chi connectivity index (χ0v) is 18.3. The SMILES string of the molecule is [C-]#[N+]c1c(N)ncnc1N[C@@H](C)c1cc2ncc(Cl)n2nc1-c1cc(F)cc(I)c1. The molecule has 0 aliphatic carbocycles. The number of nitrogen functional groups attached to an aromatic ring is 1. The first kappa shape index (κ1) is 20.2. The van der Waals surface area contributed by atoms with Crippen LogP contribution in [0.15, 0.2) is 36.8 Å². The zero-order valence-electron chi connectivity index (χ0n) is 15.4. The molecule has 8 nitrogen and oxygen atoms in total. The van der Waals surface area contributed by atoms with Crippen molar-refractivity contribution < 1.29 is 4.39 Å². The number of anilines is 2. The molecule has 3 heterocycles. The fourth-order valence-electron chi connectivity index (χ4n) is 3.04. The van der Waals surface area contributed by atoms with Gasteiger partial charge in [-0.15, -0.1) is 0 Å². The number of aromatic nitrogens is 5. The van der Waals surface area contributed by atoms with Crippen molar-refractivity contribution in [2.45, 2.75) is 13.0 Å². The molecule has 0 bridgehead atoms. The molecule has 11 heteroatoms. The third-order valence-corrected chi connectivity index (χ3v) is 5.28. The van der Waals surface area contributed by atoms with Gasteiger partial charge >= 0.3 is 0 Å². The van der Waals surface area contributed by atoms with Gasteiger partial charge < -0.3 is 11.1 Å². The molecule has 150 valence electrons. The number of hydrogen-bond acceptors (Lipinski definition) is 6. The molecule has 3 N–H and O–H groups in total. The molecule has 4 aromatic rings. The minimum atomic E-state index is -0.374. The summed E-state index contributed by atoms with van der Waals surface area (Å²) in [7, 11) is 0. The Morgan fingerprint density at radius 2 is 2.07 bits per heavy atom. The Bertz CT molecular complexity index is 1300. The second-order valence-corrected chi connectivity index (χ2v) is 8.02. The summed E-state index contributed by atoms with van der Waals surface area (Å²) in [6.45, 7) is 9.22. The van der Waals surface area contributed by atoms with Crippen molar-refractivity contribution in [3.63, 3.8) is 0 Å². The molecule has 3 aromatic heterocycles. The summed E-state index contributed by atoms with van der Waals surface area (Å²) >= 11 is 8.25. The van der Waals surface area contributed by atoms with Crippen molar-refractivity contribution >= 4 is 57.2 Å². The number of benzene rings is 1. The summed E-state index contributed by atoms with van der Waals surface area (Å²) in [5.74, 6) is 0.00944. The molecule has 0 radical (unpaired) electrons. The molecular weight excluding hydrogens is 522 g/mol. The highest BCUT2D eigenvalue weighted by Gasteiger charge is 2.20. The van der Waals surface area contributed by atoms with Crippen LogP contribution >= 0.6 is 34.2 Å². The van der Waals surface area contributed by atoms with Crippen molar-refractivity contribution in [2.75, 3.05) is 11.1 Å². The average Bonchev–Trinajstić information content (AvgIpc) is 3.06. The maximum absolute atomic E-state index is 14.1. The normalized spacial score (nSPS) is 12.0. The maximum atomic E-state index is 14.1. The van der Waals surface area contributed by atoms with Gasteiger partial charge in [0.2, 0.25) is 0 Å². The number of fused-ring (bicyclic) bond motifs is 1. The highest BCUT2D eigenvalue weighted by molar-refractivity contribution is 14.1. The number of nitrogens with two attached hydrogens (primary N) is 1. The Hall–Kier alpha value is -3.04. The molecule has 0 unspecified atom stereocenters. The number of hydrogen-bond donors (Lipinski definition) is 2. The van der Waals surface area contributed by atoms with Gasteiger partial charge in [-0.25, -0.2) is 28.7 Å². The average molecular weight is 535 g/mol. The maximum Gasteiger partial charge on any atom is 0.268 e. The third kappa shape index (κ3) is 3.73. The van der Waals surface area contributed by atoms with Crippen LogP contribution in [0.2, 0.25) is 5.15 Å². The van der Waals surface area contributed by atoms with Crippen molar-refractivity contribution in [2.24, 2.45) is 0 Å². The van der Waals surface area contributed by atoms with Crippen LogP contribution in [0.25, 0.3) is 21.7 Å². The number of halogens is 3. The number of nitrogens with zero attached hydrogens (tertiary/aromatic N) is 6. The predicted octanol–water partition coefficient (Wildman–Crippen LogP) is 4.89. The van der Waals surface area contributed by atoms with Crippen LogP contribution < -0.4 is 11.1 Å². The van der Waals surface area contributed by atoms with Gasteiger partial charge in [-0.1, -0.05) is 11.6 Å². The third-order valence-electron chi connectivity index (χ3n) is 4.40. The molecule has 30 heavy (non-hydrogen) atoms. The van der Waals surface area contributed by atoms with Crippen LogP contribution in [-0.2, 0) is 0 Å². The zero-order chi connectivity index (χ0) is 21.4. The highest BCUT2D eigenvalue weighted by Crippen LogP contribution is 2.34. The van der Waals surface area contributed by atoms with Crippen molar-refractivity contribution in [3.8, 4) is 11.3 Å². The summed E-state index contributed by atoms with van der Waals surface area (Å²) in [6, 6.07) is 6.10. The van der Waals surface area contributed by atoms with Gasteiger partial charge in [0.25, 0.3) is 5.69 Å². The lowest BCUT2D eigenvalue weighted by Crippen LogP contribution is -2.12. The molecule has 0 saturated heterocycles. The quantitative estimate of drug-likeness (QED) is 0.286. The standard InChI is InChI=1S/C19H13ClFIN8/c1-9(28-19-17(24-2)18(23)26-8-27-19)13-6-15-25-7-14(20)30(15)29-16(13)10-3-11(21)5-12(22)4-10/h3-9H,1H3,(H3,23,26,27,28)/t9-/m0/s1. The van der Waals surface area contributed by atoms with E-state index < -0.39 is 0 Å². The van der Waals surface area contributed by atoms with Gasteiger partial charge in [-0.3, -0.25) is 0 Å². The van der Waals surface area contributed by atoms with Crippen molar-refractivity contribution in [1.29, 1.82) is 0 Å². The Morgan fingerprint density at radius 3 is 2.80 bits per heavy atom. The van der Waals surface area contributed by atoms with E-state index in [1.54, 1.807) is 0 Å². The van der Waals surface area contributed by atoms with Gasteiger partial charge in [0, 0.05) is 14.7 Å². The van der Waals surface area contributed by atoms with E-state index >= 15 is 0 Å².